The van der Waals surface area contributed by atoms with Crippen molar-refractivity contribution >= 4 is 17.7 Å². The highest BCUT2D eigenvalue weighted by Gasteiger charge is 2.43. The first-order valence-corrected chi connectivity index (χ1v) is 12.3. The van der Waals surface area contributed by atoms with E-state index in [-0.39, 0.29) is 12.5 Å². The Hall–Kier alpha value is -4.59. The molecule has 4 aromatic rings. The fourth-order valence-electron chi connectivity index (χ4n) is 4.62. The maximum atomic E-state index is 13.9. The normalized spacial score (nSPS) is 14.7. The Labute approximate surface area is 220 Å². The fourth-order valence-corrected chi connectivity index (χ4v) is 4.62. The van der Waals surface area contributed by atoms with Crippen molar-refractivity contribution in [1.82, 2.24) is 4.98 Å². The smallest absolute Gasteiger partial charge is 0.487 e. The molecule has 1 aliphatic rings. The molecule has 2 heterocycles. The zero-order valence-electron chi connectivity index (χ0n) is 21.4. The van der Waals surface area contributed by atoms with Gasteiger partial charge in [-0.1, -0.05) is 48.5 Å². The minimum absolute atomic E-state index is 0.202. The van der Waals surface area contributed by atoms with Gasteiger partial charge in [0.25, 0.3) is 0 Å². The molecule has 38 heavy (non-hydrogen) atoms. The molecule has 0 fully saturated rings. The number of aryl methyl sites for hydroxylation is 1. The third kappa shape index (κ3) is 4.85. The summed E-state index contributed by atoms with van der Waals surface area (Å²) in [5.74, 6) is 1.51. The highest BCUT2D eigenvalue weighted by atomic mass is 16.7. The zero-order valence-corrected chi connectivity index (χ0v) is 21.4. The number of hydrogen-bond donors (Lipinski definition) is 1. The molecule has 1 aromatic heterocycles. The Balaban J connectivity index is 1.36. The number of aromatic nitrogens is 1. The van der Waals surface area contributed by atoms with E-state index in [4.69, 9.17) is 13.9 Å². The third-order valence-electron chi connectivity index (χ3n) is 6.77. The average molecular weight is 513 g/mol. The molecule has 0 spiro atoms. The van der Waals surface area contributed by atoms with Crippen LogP contribution in [-0.2, 0) is 28.0 Å². The Bertz CT molecular complexity index is 1480. The molecule has 1 amide bonds. The third-order valence-corrected chi connectivity index (χ3v) is 6.77. The van der Waals surface area contributed by atoms with Crippen molar-refractivity contribution in [2.45, 2.75) is 45.4 Å². The molecule has 8 heteroatoms. The van der Waals surface area contributed by atoms with Gasteiger partial charge in [0.1, 0.15) is 23.8 Å². The lowest BCUT2D eigenvalue weighted by atomic mass is 9.83. The van der Waals surface area contributed by atoms with Gasteiger partial charge in [-0.2, -0.15) is 0 Å². The van der Waals surface area contributed by atoms with Gasteiger partial charge in [0.2, 0.25) is 11.8 Å². The van der Waals surface area contributed by atoms with E-state index in [9.17, 15) is 14.7 Å². The molecular weight excluding hydrogens is 484 g/mol. The van der Waals surface area contributed by atoms with E-state index in [1.54, 1.807) is 19.9 Å². The largest absolute Gasteiger partial charge is 0.507 e. The summed E-state index contributed by atoms with van der Waals surface area (Å²) in [5.41, 5.74) is 2.81. The van der Waals surface area contributed by atoms with Crippen LogP contribution in [0.5, 0.6) is 5.75 Å². The number of amides is 1. The Morgan fingerprint density at radius 1 is 1.05 bits per heavy atom. The maximum Gasteiger partial charge on any atom is 0.507 e. The van der Waals surface area contributed by atoms with Crippen molar-refractivity contribution in [2.24, 2.45) is 0 Å². The van der Waals surface area contributed by atoms with Crippen molar-refractivity contribution in [3.8, 4) is 17.2 Å². The van der Waals surface area contributed by atoms with E-state index >= 15 is 0 Å². The first-order chi connectivity index (χ1) is 18.2. The van der Waals surface area contributed by atoms with Crippen LogP contribution in [0.15, 0.2) is 83.3 Å². The second kappa shape index (κ2) is 10.0. The van der Waals surface area contributed by atoms with Gasteiger partial charge in [-0.05, 0) is 62.2 Å². The van der Waals surface area contributed by atoms with E-state index < -0.39 is 17.8 Å². The Kier molecular flexibility index (Phi) is 6.63. The molecule has 3 aromatic carbocycles. The number of hydrogen-bond acceptors (Lipinski definition) is 6. The fraction of sp³-hybridized carbons (Fsp3) is 0.233. The van der Waals surface area contributed by atoms with Crippen LogP contribution in [0.4, 0.5) is 10.5 Å². The van der Waals surface area contributed by atoms with Crippen molar-refractivity contribution in [3.05, 3.63) is 101 Å². The van der Waals surface area contributed by atoms with Crippen LogP contribution in [0.25, 0.3) is 11.5 Å². The van der Waals surface area contributed by atoms with Crippen LogP contribution in [0.2, 0.25) is 0 Å². The zero-order chi connectivity index (χ0) is 26.9. The van der Waals surface area contributed by atoms with Crippen molar-refractivity contribution in [1.29, 1.82) is 0 Å². The van der Waals surface area contributed by atoms with Gasteiger partial charge in [0.15, 0.2) is 6.23 Å². The van der Waals surface area contributed by atoms with Crippen LogP contribution in [-0.4, -0.2) is 28.4 Å². The number of carbonyl (C=O) groups excluding carboxylic acids is 1. The first-order valence-electron chi connectivity index (χ1n) is 12.3. The van der Waals surface area contributed by atoms with Gasteiger partial charge in [-0.25, -0.2) is 9.78 Å². The molecule has 0 radical (unpaired) electrons. The van der Waals surface area contributed by atoms with E-state index in [1.165, 1.54) is 4.90 Å². The molecule has 1 N–H and O–H groups in total. The van der Waals surface area contributed by atoms with Gasteiger partial charge in [-0.3, -0.25) is 9.69 Å². The highest BCUT2D eigenvalue weighted by Crippen LogP contribution is 2.38. The van der Waals surface area contributed by atoms with Gasteiger partial charge >= 0.3 is 6.16 Å². The molecule has 194 valence electrons. The summed E-state index contributed by atoms with van der Waals surface area (Å²) < 4.78 is 17.0. The van der Waals surface area contributed by atoms with Gasteiger partial charge < -0.3 is 19.0 Å². The molecule has 0 unspecified atom stereocenters. The summed E-state index contributed by atoms with van der Waals surface area (Å²) in [6, 6.07) is 24.3. The standard InChI is InChI=1S/C30H28N2O6/c1-19-24(31-27(37-19)20-10-5-4-6-11-20)18-36-23-14-9-13-22(17-23)30(2,3)28(33)32-25-15-8-7-12-21(25)16-26(32)38-29(34)35/h4-15,17,26H,16,18H2,1-3H3,(H,34,35)/t26-/m1/s1. The Morgan fingerprint density at radius 3 is 2.55 bits per heavy atom. The molecule has 5 rings (SSSR count). The number of carbonyl (C=O) groups is 2. The quantitative estimate of drug-likeness (QED) is 0.298. The number of fused-ring (bicyclic) bond motifs is 1. The van der Waals surface area contributed by atoms with Crippen molar-refractivity contribution in [2.75, 3.05) is 4.90 Å². The number of oxazole rings is 1. The first kappa shape index (κ1) is 25.1. The lowest BCUT2D eigenvalue weighted by Crippen LogP contribution is -2.48. The van der Waals surface area contributed by atoms with Gasteiger partial charge in [-0.15, -0.1) is 0 Å². The lowest BCUT2D eigenvalue weighted by molar-refractivity contribution is -0.125. The molecule has 0 aliphatic carbocycles. The molecule has 1 aliphatic heterocycles. The summed E-state index contributed by atoms with van der Waals surface area (Å²) in [6.07, 6.45) is -2.05. The molecule has 0 saturated carbocycles. The number of rotatable bonds is 7. The number of para-hydroxylation sites is 1. The minimum atomic E-state index is -1.42. The topological polar surface area (TPSA) is 102 Å². The van der Waals surface area contributed by atoms with E-state index in [2.05, 4.69) is 4.98 Å². The molecule has 0 saturated heterocycles. The van der Waals surface area contributed by atoms with Gasteiger partial charge in [0.05, 0.1) is 11.1 Å². The number of anilines is 1. The predicted molar refractivity (Wildman–Crippen MR) is 141 cm³/mol. The minimum Gasteiger partial charge on any atom is -0.487 e. The second-order valence-electron chi connectivity index (χ2n) is 9.68. The maximum absolute atomic E-state index is 13.9. The van der Waals surface area contributed by atoms with E-state index in [1.807, 2.05) is 79.7 Å². The number of benzene rings is 3. The van der Waals surface area contributed by atoms with Crippen LogP contribution in [0.3, 0.4) is 0 Å². The van der Waals surface area contributed by atoms with Crippen LogP contribution >= 0.6 is 0 Å². The molecule has 1 atom stereocenters. The van der Waals surface area contributed by atoms with E-state index in [0.717, 1.165) is 16.7 Å². The second-order valence-corrected chi connectivity index (χ2v) is 9.68. The number of ether oxygens (including phenoxy) is 2. The molecule has 8 nitrogen and oxygen atoms in total. The van der Waals surface area contributed by atoms with Gasteiger partial charge in [0, 0.05) is 12.0 Å². The van der Waals surface area contributed by atoms with Crippen molar-refractivity contribution in [3.63, 3.8) is 0 Å². The monoisotopic (exact) mass is 512 g/mol. The number of carboxylic acid groups (broad SMARTS) is 1. The van der Waals surface area contributed by atoms with Crippen LogP contribution in [0, 0.1) is 6.92 Å². The predicted octanol–water partition coefficient (Wildman–Crippen LogP) is 6.12. The summed E-state index contributed by atoms with van der Waals surface area (Å²) in [6.45, 7) is 5.66. The molecular formula is C30H28N2O6. The van der Waals surface area contributed by atoms with E-state index in [0.29, 0.717) is 35.2 Å². The lowest BCUT2D eigenvalue weighted by Gasteiger charge is -2.33. The SMILES string of the molecule is Cc1oc(-c2ccccc2)nc1COc1cccc(C(C)(C)C(=O)N2c3ccccc3C[C@H]2OC(=O)O)c1. The van der Waals surface area contributed by atoms with Crippen LogP contribution < -0.4 is 9.64 Å². The van der Waals surface area contributed by atoms with Crippen LogP contribution in [0.1, 0.15) is 36.4 Å². The van der Waals surface area contributed by atoms with Crippen molar-refractivity contribution < 1.29 is 28.6 Å². The average Bonchev–Trinajstić information content (AvgIpc) is 3.46. The summed E-state index contributed by atoms with van der Waals surface area (Å²) in [4.78, 5) is 31.3. The highest BCUT2D eigenvalue weighted by molar-refractivity contribution is 6.02. The summed E-state index contributed by atoms with van der Waals surface area (Å²) in [5, 5.41) is 9.26. The molecule has 0 bridgehead atoms. The summed E-state index contributed by atoms with van der Waals surface area (Å²) in [7, 11) is 0. The number of nitrogens with zero attached hydrogens (tertiary/aromatic N) is 2. The summed E-state index contributed by atoms with van der Waals surface area (Å²) >= 11 is 0. The Morgan fingerprint density at radius 2 is 1.79 bits per heavy atom.